The highest BCUT2D eigenvalue weighted by Crippen LogP contribution is 2.31. The molecule has 1 heterocycles. The van der Waals surface area contributed by atoms with Gasteiger partial charge in [-0.05, 0) is 36.2 Å². The minimum atomic E-state index is -0.375. The third kappa shape index (κ3) is 5.29. The van der Waals surface area contributed by atoms with Crippen molar-refractivity contribution in [2.75, 3.05) is 18.1 Å². The SMILES string of the molecule is C#C[C@@H](CC)Oc1ccc(COC(=O)CCN2C(=O)COc3ccccc32)cc1. The van der Waals surface area contributed by atoms with Crippen LogP contribution in [0.3, 0.4) is 0 Å². The molecule has 0 saturated heterocycles. The highest BCUT2D eigenvalue weighted by molar-refractivity contribution is 5.98. The minimum Gasteiger partial charge on any atom is -0.482 e. The van der Waals surface area contributed by atoms with E-state index in [1.807, 2.05) is 31.2 Å². The Balaban J connectivity index is 1.48. The molecule has 0 radical (unpaired) electrons. The van der Waals surface area contributed by atoms with Gasteiger partial charge >= 0.3 is 5.97 Å². The van der Waals surface area contributed by atoms with Gasteiger partial charge in [0, 0.05) is 6.54 Å². The van der Waals surface area contributed by atoms with Gasteiger partial charge in [0.1, 0.15) is 18.1 Å². The molecule has 2 aromatic rings. The van der Waals surface area contributed by atoms with Crippen molar-refractivity contribution in [2.24, 2.45) is 0 Å². The van der Waals surface area contributed by atoms with E-state index in [-0.39, 0.29) is 44.2 Å². The van der Waals surface area contributed by atoms with E-state index in [2.05, 4.69) is 5.92 Å². The Labute approximate surface area is 170 Å². The summed E-state index contributed by atoms with van der Waals surface area (Å²) in [5.74, 6) is 3.34. The molecule has 0 unspecified atom stereocenters. The van der Waals surface area contributed by atoms with E-state index in [1.165, 1.54) is 0 Å². The Kier molecular flexibility index (Phi) is 6.75. The highest BCUT2D eigenvalue weighted by atomic mass is 16.5. The molecule has 150 valence electrons. The van der Waals surface area contributed by atoms with Crippen LogP contribution in [-0.4, -0.2) is 31.1 Å². The lowest BCUT2D eigenvalue weighted by Gasteiger charge is -2.28. The van der Waals surface area contributed by atoms with Crippen molar-refractivity contribution in [3.8, 4) is 23.8 Å². The number of carbonyl (C=O) groups excluding carboxylic acids is 2. The average Bonchev–Trinajstić information content (AvgIpc) is 2.76. The fourth-order valence-corrected chi connectivity index (χ4v) is 2.90. The zero-order chi connectivity index (χ0) is 20.6. The van der Waals surface area contributed by atoms with E-state index < -0.39 is 0 Å². The van der Waals surface area contributed by atoms with Crippen LogP contribution in [0.15, 0.2) is 48.5 Å². The molecule has 0 N–H and O–H groups in total. The van der Waals surface area contributed by atoms with Gasteiger partial charge in [0.05, 0.1) is 12.1 Å². The predicted octanol–water partition coefficient (Wildman–Crippen LogP) is 3.34. The average molecular weight is 393 g/mol. The van der Waals surface area contributed by atoms with Gasteiger partial charge in [0.25, 0.3) is 5.91 Å². The Bertz CT molecular complexity index is 900. The molecule has 6 nitrogen and oxygen atoms in total. The first kappa shape index (κ1) is 20.3. The number of anilines is 1. The smallest absolute Gasteiger partial charge is 0.307 e. The van der Waals surface area contributed by atoms with Gasteiger partial charge in [-0.2, -0.15) is 0 Å². The zero-order valence-electron chi connectivity index (χ0n) is 16.3. The van der Waals surface area contributed by atoms with Crippen molar-refractivity contribution in [1.82, 2.24) is 0 Å². The summed E-state index contributed by atoms with van der Waals surface area (Å²) in [5.41, 5.74) is 1.51. The third-order valence-corrected chi connectivity index (χ3v) is 4.51. The van der Waals surface area contributed by atoms with Crippen LogP contribution >= 0.6 is 0 Å². The quantitative estimate of drug-likeness (QED) is 0.508. The molecule has 1 amide bonds. The monoisotopic (exact) mass is 393 g/mol. The van der Waals surface area contributed by atoms with Gasteiger partial charge in [0.2, 0.25) is 0 Å². The summed E-state index contributed by atoms with van der Waals surface area (Å²) >= 11 is 0. The topological polar surface area (TPSA) is 65.1 Å². The van der Waals surface area contributed by atoms with Gasteiger partial charge in [-0.3, -0.25) is 9.59 Å². The summed E-state index contributed by atoms with van der Waals surface area (Å²) in [4.78, 5) is 25.8. The highest BCUT2D eigenvalue weighted by Gasteiger charge is 2.25. The van der Waals surface area contributed by atoms with E-state index >= 15 is 0 Å². The van der Waals surface area contributed by atoms with Gasteiger partial charge in [-0.25, -0.2) is 0 Å². The number of terminal acetylenes is 1. The lowest BCUT2D eigenvalue weighted by Crippen LogP contribution is -2.40. The molecule has 0 aromatic heterocycles. The fourth-order valence-electron chi connectivity index (χ4n) is 2.90. The molecule has 1 atom stereocenters. The molecule has 3 rings (SSSR count). The second-order valence-corrected chi connectivity index (χ2v) is 6.54. The number of para-hydroxylation sites is 2. The van der Waals surface area contributed by atoms with Crippen molar-refractivity contribution in [1.29, 1.82) is 0 Å². The number of nitrogens with zero attached hydrogens (tertiary/aromatic N) is 1. The number of benzene rings is 2. The number of esters is 1. The first-order chi connectivity index (χ1) is 14.1. The standard InChI is InChI=1S/C23H23NO5/c1-3-18(4-2)29-19-11-9-17(10-12-19)15-28-23(26)13-14-24-20-7-5-6-8-21(20)27-16-22(24)25/h1,5-12,18H,4,13-16H2,2H3/t18-/m0/s1. The molecule has 0 spiro atoms. The van der Waals surface area contributed by atoms with Crippen LogP contribution in [0.25, 0.3) is 0 Å². The van der Waals surface area contributed by atoms with Crippen molar-refractivity contribution in [2.45, 2.75) is 32.5 Å². The summed E-state index contributed by atoms with van der Waals surface area (Å²) in [5, 5.41) is 0. The maximum atomic E-state index is 12.1. The normalized spacial score (nSPS) is 13.7. The molecule has 0 aliphatic carbocycles. The van der Waals surface area contributed by atoms with Crippen LogP contribution in [0.5, 0.6) is 11.5 Å². The number of carbonyl (C=O) groups is 2. The molecule has 1 aliphatic heterocycles. The molecular weight excluding hydrogens is 370 g/mol. The van der Waals surface area contributed by atoms with Crippen molar-refractivity contribution >= 4 is 17.6 Å². The van der Waals surface area contributed by atoms with Crippen molar-refractivity contribution in [3.05, 3.63) is 54.1 Å². The van der Waals surface area contributed by atoms with Crippen LogP contribution < -0.4 is 14.4 Å². The predicted molar refractivity (Wildman–Crippen MR) is 109 cm³/mol. The summed E-state index contributed by atoms with van der Waals surface area (Å²) in [6.07, 6.45) is 5.96. The van der Waals surface area contributed by atoms with Crippen LogP contribution in [-0.2, 0) is 20.9 Å². The molecule has 0 saturated carbocycles. The zero-order valence-corrected chi connectivity index (χ0v) is 16.3. The second kappa shape index (κ2) is 9.65. The van der Waals surface area contributed by atoms with Crippen molar-refractivity contribution < 1.29 is 23.8 Å². The lowest BCUT2D eigenvalue weighted by molar-refractivity contribution is -0.144. The Morgan fingerprint density at radius 3 is 2.72 bits per heavy atom. The van der Waals surface area contributed by atoms with Gasteiger partial charge in [0.15, 0.2) is 12.7 Å². The summed E-state index contributed by atoms with van der Waals surface area (Å²) < 4.78 is 16.4. The lowest BCUT2D eigenvalue weighted by atomic mass is 10.2. The number of hydrogen-bond donors (Lipinski definition) is 0. The van der Waals surface area contributed by atoms with Crippen LogP contribution in [0.4, 0.5) is 5.69 Å². The maximum Gasteiger partial charge on any atom is 0.307 e. The second-order valence-electron chi connectivity index (χ2n) is 6.54. The third-order valence-electron chi connectivity index (χ3n) is 4.51. The minimum absolute atomic E-state index is 0.0287. The number of ether oxygens (including phenoxy) is 3. The molecular formula is C23H23NO5. The molecule has 0 bridgehead atoms. The van der Waals surface area contributed by atoms with E-state index in [0.29, 0.717) is 17.2 Å². The summed E-state index contributed by atoms with van der Waals surface area (Å²) in [6, 6.07) is 14.5. The van der Waals surface area contributed by atoms with Gasteiger partial charge in [-0.15, -0.1) is 6.42 Å². The first-order valence-electron chi connectivity index (χ1n) is 9.50. The Morgan fingerprint density at radius 2 is 2.00 bits per heavy atom. The number of amides is 1. The van der Waals surface area contributed by atoms with E-state index in [4.69, 9.17) is 20.6 Å². The molecule has 1 aliphatic rings. The van der Waals surface area contributed by atoms with E-state index in [0.717, 1.165) is 12.0 Å². The fraction of sp³-hybridized carbons (Fsp3) is 0.304. The first-order valence-corrected chi connectivity index (χ1v) is 9.50. The maximum absolute atomic E-state index is 12.1. The summed E-state index contributed by atoms with van der Waals surface area (Å²) in [7, 11) is 0. The Morgan fingerprint density at radius 1 is 1.24 bits per heavy atom. The Hall–Kier alpha value is -3.46. The van der Waals surface area contributed by atoms with E-state index in [1.54, 1.807) is 29.2 Å². The molecule has 6 heteroatoms. The van der Waals surface area contributed by atoms with Gasteiger partial charge < -0.3 is 19.1 Å². The number of fused-ring (bicyclic) bond motifs is 1. The van der Waals surface area contributed by atoms with Gasteiger partial charge in [-0.1, -0.05) is 37.1 Å². The number of rotatable bonds is 8. The van der Waals surface area contributed by atoms with Crippen LogP contribution in [0, 0.1) is 12.3 Å². The molecule has 0 fully saturated rings. The summed E-state index contributed by atoms with van der Waals surface area (Å²) in [6.45, 7) is 2.33. The largest absolute Gasteiger partial charge is 0.482 e. The van der Waals surface area contributed by atoms with Crippen molar-refractivity contribution in [3.63, 3.8) is 0 Å². The molecule has 2 aromatic carbocycles. The van der Waals surface area contributed by atoms with Crippen LogP contribution in [0.2, 0.25) is 0 Å². The van der Waals surface area contributed by atoms with Crippen LogP contribution in [0.1, 0.15) is 25.3 Å². The number of hydrogen-bond acceptors (Lipinski definition) is 5. The van der Waals surface area contributed by atoms with E-state index in [9.17, 15) is 9.59 Å². The molecule has 29 heavy (non-hydrogen) atoms.